The molecule has 1 aliphatic heterocycles. The molecule has 3 nitrogen and oxygen atoms in total. The van der Waals surface area contributed by atoms with Crippen molar-refractivity contribution < 1.29 is 9.53 Å². The molecule has 19 heavy (non-hydrogen) atoms. The van der Waals surface area contributed by atoms with Crippen LogP contribution >= 0.6 is 11.8 Å². The van der Waals surface area contributed by atoms with Gasteiger partial charge < -0.3 is 0 Å². The second kappa shape index (κ2) is 6.95. The van der Waals surface area contributed by atoms with E-state index in [1.807, 2.05) is 25.3 Å². The third-order valence-corrected chi connectivity index (χ3v) is 9.30. The minimum atomic E-state index is -0.756. The molecule has 0 bridgehead atoms. The standard InChI is InChI=1S/C14H18NO2S.In/c1-4-17-14(16)12-7-5-6-11(13(12)18-3)9-8-10(2)15;/h2,5-7,9-10H,4,8,15H2,1,3H3;. The Morgan fingerprint density at radius 1 is 1.58 bits per heavy atom. The zero-order valence-corrected chi connectivity index (χ0v) is 15.4. The van der Waals surface area contributed by atoms with Gasteiger partial charge in [-0.2, -0.15) is 0 Å². The van der Waals surface area contributed by atoms with Gasteiger partial charge in [0, 0.05) is 0 Å². The number of hydrogen-bond donors (Lipinski definition) is 1. The zero-order valence-electron chi connectivity index (χ0n) is 11.3. The van der Waals surface area contributed by atoms with Crippen LogP contribution in [-0.4, -0.2) is 51.1 Å². The van der Waals surface area contributed by atoms with E-state index in [1.54, 1.807) is 11.8 Å². The summed E-state index contributed by atoms with van der Waals surface area (Å²) in [7, 11) is 0. The van der Waals surface area contributed by atoms with Gasteiger partial charge in [-0.25, -0.2) is 0 Å². The van der Waals surface area contributed by atoms with E-state index in [-0.39, 0.29) is 12.0 Å². The molecule has 5 heteroatoms. The van der Waals surface area contributed by atoms with E-state index in [0.717, 1.165) is 11.3 Å². The van der Waals surface area contributed by atoms with Gasteiger partial charge in [-0.3, -0.25) is 0 Å². The van der Waals surface area contributed by atoms with Gasteiger partial charge in [0.1, 0.15) is 0 Å². The van der Waals surface area contributed by atoms with E-state index in [9.17, 15) is 4.79 Å². The number of carbonyl (C=O) groups is 1. The quantitative estimate of drug-likeness (QED) is 0.641. The predicted molar refractivity (Wildman–Crippen MR) is 81.3 cm³/mol. The fourth-order valence-electron chi connectivity index (χ4n) is 2.40. The van der Waals surface area contributed by atoms with Crippen molar-refractivity contribution >= 4 is 43.9 Å². The van der Waals surface area contributed by atoms with Crippen molar-refractivity contribution in [2.75, 3.05) is 12.9 Å². The Balaban J connectivity index is 2.37. The average Bonchev–Trinajstić information content (AvgIpc) is 2.84. The van der Waals surface area contributed by atoms with Crippen LogP contribution < -0.4 is 5.73 Å². The van der Waals surface area contributed by atoms with Gasteiger partial charge in [0.2, 0.25) is 0 Å². The van der Waals surface area contributed by atoms with Crippen LogP contribution in [0.5, 0.6) is 0 Å². The van der Waals surface area contributed by atoms with Gasteiger partial charge in [0.05, 0.1) is 0 Å². The first kappa shape index (κ1) is 15.1. The van der Waals surface area contributed by atoms with Crippen LogP contribution in [0.4, 0.5) is 0 Å². The van der Waals surface area contributed by atoms with E-state index in [2.05, 4.69) is 9.82 Å². The van der Waals surface area contributed by atoms with Gasteiger partial charge in [-0.1, -0.05) is 0 Å². The Bertz CT molecular complexity index is 504. The number of ether oxygens (including phenoxy) is 1. The summed E-state index contributed by atoms with van der Waals surface area (Å²) in [5.74, 6) is -0.215. The van der Waals surface area contributed by atoms with Crippen LogP contribution in [0.25, 0.3) is 0 Å². The Morgan fingerprint density at radius 3 is 2.95 bits per heavy atom. The topological polar surface area (TPSA) is 52.3 Å². The van der Waals surface area contributed by atoms with E-state index >= 15 is 0 Å². The molecule has 1 aromatic rings. The molecule has 1 aliphatic rings. The van der Waals surface area contributed by atoms with Crippen molar-refractivity contribution in [3.63, 3.8) is 0 Å². The fourth-order valence-corrected chi connectivity index (χ4v) is 8.33. The summed E-state index contributed by atoms with van der Waals surface area (Å²) in [6.07, 6.45) is 3.06. The first-order valence-corrected chi connectivity index (χ1v) is 11.5. The van der Waals surface area contributed by atoms with Crippen molar-refractivity contribution in [1.82, 2.24) is 0 Å². The zero-order chi connectivity index (χ0) is 13.8. The average molecular weight is 379 g/mol. The number of esters is 1. The maximum atomic E-state index is 12.0. The molecular formula is C14H18InNO2S. The molecule has 2 N–H and O–H groups in total. The Morgan fingerprint density at radius 2 is 2.37 bits per heavy atom. The summed E-state index contributed by atoms with van der Waals surface area (Å²) in [5.41, 5.74) is 8.01. The molecule has 0 aromatic heterocycles. The van der Waals surface area contributed by atoms with E-state index in [1.165, 1.54) is 5.56 Å². The van der Waals surface area contributed by atoms with Gasteiger partial charge in [-0.15, -0.1) is 0 Å². The van der Waals surface area contributed by atoms with Crippen LogP contribution in [0.1, 0.15) is 32.9 Å². The molecule has 100 valence electrons. The first-order chi connectivity index (χ1) is 9.17. The van der Waals surface area contributed by atoms with Gasteiger partial charge in [0.25, 0.3) is 0 Å². The summed E-state index contributed by atoms with van der Waals surface area (Å²) in [6, 6.07) is 6.23. The molecule has 2 unspecified atom stereocenters. The normalized spacial score (nSPS) is 21.2. The SMILES string of the molecule is CCOC(=O)c1cccc([CH]2CC(N)[CH]=[In]2)c1SC. The van der Waals surface area contributed by atoms with Crippen molar-refractivity contribution in [3.05, 3.63) is 29.3 Å². The molecule has 1 aromatic carbocycles. The molecule has 0 fully saturated rings. The third kappa shape index (κ3) is 3.44. The monoisotopic (exact) mass is 379 g/mol. The number of carbonyl (C=O) groups excluding carboxylic acids is 1. The molecule has 0 radical (unpaired) electrons. The summed E-state index contributed by atoms with van der Waals surface area (Å²) in [4.78, 5) is 13.1. The van der Waals surface area contributed by atoms with Crippen molar-refractivity contribution in [2.45, 2.75) is 28.0 Å². The number of thioether (sulfide) groups is 1. The van der Waals surface area contributed by atoms with Gasteiger partial charge in [0.15, 0.2) is 0 Å². The molecule has 2 rings (SSSR count). The summed E-state index contributed by atoms with van der Waals surface area (Å²) < 4.78 is 8.10. The molecule has 1 heterocycles. The van der Waals surface area contributed by atoms with Crippen LogP contribution in [0.15, 0.2) is 23.1 Å². The van der Waals surface area contributed by atoms with Gasteiger partial charge >= 0.3 is 129 Å². The first-order valence-electron chi connectivity index (χ1n) is 6.45. The van der Waals surface area contributed by atoms with Crippen molar-refractivity contribution in [1.29, 1.82) is 0 Å². The van der Waals surface area contributed by atoms with Crippen LogP contribution in [0, 0.1) is 0 Å². The predicted octanol–water partition coefficient (Wildman–Crippen LogP) is 1.86. The Labute approximate surface area is 129 Å². The minimum absolute atomic E-state index is 0.215. The summed E-state index contributed by atoms with van der Waals surface area (Å²) in [6.45, 7) is 2.25. The third-order valence-electron chi connectivity index (χ3n) is 3.26. The number of hydrogen-bond acceptors (Lipinski definition) is 4. The second-order valence-electron chi connectivity index (χ2n) is 4.54. The van der Waals surface area contributed by atoms with Crippen LogP contribution in [0.3, 0.4) is 0 Å². The summed E-state index contributed by atoms with van der Waals surface area (Å²) >= 11 is 0.884. The number of rotatable bonds is 4. The fraction of sp³-hybridized carbons (Fsp3) is 0.429. The Hall–Kier alpha value is -0.260. The van der Waals surface area contributed by atoms with Crippen LogP contribution in [0.2, 0.25) is 0 Å². The maximum absolute atomic E-state index is 12.0. The molecule has 0 spiro atoms. The molecule has 0 amide bonds. The molecule has 2 atom stereocenters. The Kier molecular flexibility index (Phi) is 5.54. The van der Waals surface area contributed by atoms with E-state index in [4.69, 9.17) is 10.5 Å². The number of nitrogens with two attached hydrogens (primary N) is 1. The summed E-state index contributed by atoms with van der Waals surface area (Å²) in [5, 5.41) is 0. The molecule has 0 aliphatic carbocycles. The van der Waals surface area contributed by atoms with E-state index < -0.39 is 22.4 Å². The molecule has 0 saturated heterocycles. The van der Waals surface area contributed by atoms with Crippen LogP contribution in [-0.2, 0) is 4.74 Å². The van der Waals surface area contributed by atoms with Gasteiger partial charge in [-0.05, 0) is 0 Å². The van der Waals surface area contributed by atoms with Crippen molar-refractivity contribution in [2.24, 2.45) is 5.73 Å². The second-order valence-corrected chi connectivity index (χ2v) is 9.85. The molecule has 0 saturated carbocycles. The molecular weight excluding hydrogens is 361 g/mol. The van der Waals surface area contributed by atoms with E-state index in [0.29, 0.717) is 15.8 Å². The van der Waals surface area contributed by atoms with Crippen molar-refractivity contribution in [3.8, 4) is 0 Å². The number of benzene rings is 1.